The van der Waals surface area contributed by atoms with Crippen LogP contribution < -0.4 is 0 Å². The fraction of sp³-hybridized carbons (Fsp3) is 0.556. The van der Waals surface area contributed by atoms with Crippen LogP contribution in [0.15, 0.2) is 6.07 Å². The van der Waals surface area contributed by atoms with Gasteiger partial charge < -0.3 is 9.30 Å². The van der Waals surface area contributed by atoms with Crippen LogP contribution in [0, 0.1) is 13.8 Å². The zero-order valence-corrected chi connectivity index (χ0v) is 7.64. The Morgan fingerprint density at radius 3 is 2.45 bits per heavy atom. The first-order valence-electron chi connectivity index (χ1n) is 3.77. The lowest BCUT2D eigenvalue weighted by atomic mass is 10.3. The van der Waals surface area contributed by atoms with E-state index in [0.29, 0.717) is 6.61 Å². The summed E-state index contributed by atoms with van der Waals surface area (Å²) in [5.74, 6) is 0. The van der Waals surface area contributed by atoms with Gasteiger partial charge in [-0.25, -0.2) is 0 Å². The van der Waals surface area contributed by atoms with Gasteiger partial charge in [-0.2, -0.15) is 0 Å². The average Bonchev–Trinajstić information content (AvgIpc) is 2.17. The van der Waals surface area contributed by atoms with Crippen LogP contribution in [0.25, 0.3) is 0 Å². The molecule has 2 heteroatoms. The van der Waals surface area contributed by atoms with Gasteiger partial charge in [-0.1, -0.05) is 0 Å². The van der Waals surface area contributed by atoms with E-state index in [1.165, 1.54) is 17.0 Å². The molecule has 0 amide bonds. The van der Waals surface area contributed by atoms with Crippen LogP contribution in [0.4, 0.5) is 0 Å². The molecule has 0 atom stereocenters. The maximum Gasteiger partial charge on any atom is 0.0866 e. The molecule has 0 aliphatic carbocycles. The zero-order chi connectivity index (χ0) is 8.43. The third-order valence-corrected chi connectivity index (χ3v) is 2.10. The second kappa shape index (κ2) is 3.09. The van der Waals surface area contributed by atoms with Gasteiger partial charge in [0, 0.05) is 25.5 Å². The largest absolute Gasteiger partial charge is 0.378 e. The van der Waals surface area contributed by atoms with Crippen LogP contribution in [0.3, 0.4) is 0 Å². The van der Waals surface area contributed by atoms with Crippen LogP contribution in [0.1, 0.15) is 17.0 Å². The first-order valence-corrected chi connectivity index (χ1v) is 3.77. The van der Waals surface area contributed by atoms with Crippen molar-refractivity contribution in [3.63, 3.8) is 0 Å². The summed E-state index contributed by atoms with van der Waals surface area (Å²) in [4.78, 5) is 0. The summed E-state index contributed by atoms with van der Waals surface area (Å²) in [6.07, 6.45) is 0. The van der Waals surface area contributed by atoms with Gasteiger partial charge in [0.15, 0.2) is 0 Å². The minimum Gasteiger partial charge on any atom is -0.378 e. The van der Waals surface area contributed by atoms with E-state index in [2.05, 4.69) is 31.5 Å². The predicted molar refractivity (Wildman–Crippen MR) is 45.6 cm³/mol. The fourth-order valence-electron chi connectivity index (χ4n) is 1.32. The van der Waals surface area contributed by atoms with E-state index in [-0.39, 0.29) is 0 Å². The van der Waals surface area contributed by atoms with Crippen LogP contribution in [-0.4, -0.2) is 11.7 Å². The highest BCUT2D eigenvalue weighted by Gasteiger charge is 2.04. The van der Waals surface area contributed by atoms with Crippen molar-refractivity contribution < 1.29 is 4.74 Å². The summed E-state index contributed by atoms with van der Waals surface area (Å²) in [5, 5.41) is 0. The lowest BCUT2D eigenvalue weighted by Crippen LogP contribution is -2.00. The van der Waals surface area contributed by atoms with Gasteiger partial charge in [-0.3, -0.25) is 0 Å². The number of ether oxygens (including phenoxy) is 1. The SMILES string of the molecule is COCc1c(C)cc(C)n1C. The molecule has 11 heavy (non-hydrogen) atoms. The molecule has 0 spiro atoms. The standard InChI is InChI=1S/C9H15NO/c1-7-5-8(2)10(3)9(7)6-11-4/h5H,6H2,1-4H3. The molecular weight excluding hydrogens is 138 g/mol. The maximum absolute atomic E-state index is 5.08. The van der Waals surface area contributed by atoms with Crippen molar-refractivity contribution in [2.45, 2.75) is 20.5 Å². The lowest BCUT2D eigenvalue weighted by Gasteiger charge is -2.04. The number of rotatable bonds is 2. The molecule has 1 heterocycles. The van der Waals surface area contributed by atoms with Crippen molar-refractivity contribution >= 4 is 0 Å². The molecule has 1 rings (SSSR count). The van der Waals surface area contributed by atoms with Crippen molar-refractivity contribution in [3.05, 3.63) is 23.0 Å². The van der Waals surface area contributed by atoms with Crippen molar-refractivity contribution in [1.29, 1.82) is 0 Å². The maximum atomic E-state index is 5.08. The highest BCUT2D eigenvalue weighted by Crippen LogP contribution is 2.13. The Hall–Kier alpha value is -0.760. The van der Waals surface area contributed by atoms with E-state index in [1.807, 2.05) is 0 Å². The van der Waals surface area contributed by atoms with Gasteiger partial charge in [0.1, 0.15) is 0 Å². The zero-order valence-electron chi connectivity index (χ0n) is 7.64. The predicted octanol–water partition coefficient (Wildman–Crippen LogP) is 1.79. The molecule has 0 saturated carbocycles. The number of hydrogen-bond acceptors (Lipinski definition) is 1. The van der Waals surface area contributed by atoms with Crippen molar-refractivity contribution in [2.75, 3.05) is 7.11 Å². The Morgan fingerprint density at radius 1 is 1.45 bits per heavy atom. The molecule has 0 unspecified atom stereocenters. The number of aryl methyl sites for hydroxylation is 2. The van der Waals surface area contributed by atoms with E-state index in [1.54, 1.807) is 7.11 Å². The third-order valence-electron chi connectivity index (χ3n) is 2.10. The van der Waals surface area contributed by atoms with E-state index >= 15 is 0 Å². The molecular formula is C9H15NO. The van der Waals surface area contributed by atoms with E-state index < -0.39 is 0 Å². The fourth-order valence-corrected chi connectivity index (χ4v) is 1.32. The summed E-state index contributed by atoms with van der Waals surface area (Å²) >= 11 is 0. The molecule has 0 aromatic carbocycles. The minimum atomic E-state index is 0.705. The Labute approximate surface area is 67.8 Å². The molecule has 0 aliphatic rings. The lowest BCUT2D eigenvalue weighted by molar-refractivity contribution is 0.178. The molecule has 0 fully saturated rings. The van der Waals surface area contributed by atoms with Gasteiger partial charge in [0.2, 0.25) is 0 Å². The summed E-state index contributed by atoms with van der Waals surface area (Å²) < 4.78 is 7.25. The van der Waals surface area contributed by atoms with Crippen LogP contribution in [0.2, 0.25) is 0 Å². The minimum absolute atomic E-state index is 0.705. The molecule has 2 nitrogen and oxygen atoms in total. The van der Waals surface area contributed by atoms with E-state index in [9.17, 15) is 0 Å². The molecule has 0 radical (unpaired) electrons. The highest BCUT2D eigenvalue weighted by atomic mass is 16.5. The molecule has 62 valence electrons. The summed E-state index contributed by atoms with van der Waals surface area (Å²) in [7, 11) is 3.79. The molecule has 0 bridgehead atoms. The van der Waals surface area contributed by atoms with Gasteiger partial charge in [-0.05, 0) is 25.5 Å². The van der Waals surface area contributed by atoms with Crippen molar-refractivity contribution in [1.82, 2.24) is 4.57 Å². The highest BCUT2D eigenvalue weighted by molar-refractivity contribution is 5.25. The number of aromatic nitrogens is 1. The average molecular weight is 153 g/mol. The van der Waals surface area contributed by atoms with E-state index in [0.717, 1.165) is 0 Å². The van der Waals surface area contributed by atoms with Crippen molar-refractivity contribution in [3.8, 4) is 0 Å². The van der Waals surface area contributed by atoms with E-state index in [4.69, 9.17) is 4.74 Å². The second-order valence-corrected chi connectivity index (χ2v) is 2.91. The van der Waals surface area contributed by atoms with Crippen molar-refractivity contribution in [2.24, 2.45) is 7.05 Å². The molecule has 0 saturated heterocycles. The Bertz CT molecular complexity index is 250. The van der Waals surface area contributed by atoms with Gasteiger partial charge in [0.25, 0.3) is 0 Å². The summed E-state index contributed by atoms with van der Waals surface area (Å²) in [6.45, 7) is 4.92. The van der Waals surface area contributed by atoms with Crippen LogP contribution >= 0.6 is 0 Å². The normalized spacial score (nSPS) is 10.5. The molecule has 0 N–H and O–H groups in total. The molecule has 1 aromatic rings. The summed E-state index contributed by atoms with van der Waals surface area (Å²) in [6, 6.07) is 2.17. The van der Waals surface area contributed by atoms with Gasteiger partial charge in [-0.15, -0.1) is 0 Å². The first kappa shape index (κ1) is 8.34. The number of hydrogen-bond donors (Lipinski definition) is 0. The van der Waals surface area contributed by atoms with Gasteiger partial charge >= 0.3 is 0 Å². The number of nitrogens with zero attached hydrogens (tertiary/aromatic N) is 1. The Kier molecular flexibility index (Phi) is 2.35. The Balaban J connectivity index is 3.02. The quantitative estimate of drug-likeness (QED) is 0.631. The monoisotopic (exact) mass is 153 g/mol. The topological polar surface area (TPSA) is 14.2 Å². The third kappa shape index (κ3) is 1.46. The molecule has 0 aliphatic heterocycles. The molecule has 1 aromatic heterocycles. The van der Waals surface area contributed by atoms with Gasteiger partial charge in [0.05, 0.1) is 6.61 Å². The first-order chi connectivity index (χ1) is 5.16. The number of methoxy groups -OCH3 is 1. The second-order valence-electron chi connectivity index (χ2n) is 2.91. The smallest absolute Gasteiger partial charge is 0.0866 e. The van der Waals surface area contributed by atoms with Crippen LogP contribution in [-0.2, 0) is 18.4 Å². The summed E-state index contributed by atoms with van der Waals surface area (Å²) in [5.41, 5.74) is 3.87. The van der Waals surface area contributed by atoms with Crippen LogP contribution in [0.5, 0.6) is 0 Å². The Morgan fingerprint density at radius 2 is 2.09 bits per heavy atom.